The molecule has 1 N–H and O–H groups in total. The maximum Gasteiger partial charge on any atom is 0.327 e. The van der Waals surface area contributed by atoms with Crippen LogP contribution in [0.25, 0.3) is 0 Å². The molecule has 0 saturated carbocycles. The van der Waals surface area contributed by atoms with Gasteiger partial charge in [-0.2, -0.15) is 0 Å². The number of carboxylic acids is 1. The lowest BCUT2D eigenvalue weighted by atomic mass is 9.94. The van der Waals surface area contributed by atoms with Gasteiger partial charge >= 0.3 is 5.97 Å². The summed E-state index contributed by atoms with van der Waals surface area (Å²) >= 11 is 5.93. The quantitative estimate of drug-likeness (QED) is 0.560. The molecule has 3 heteroatoms. The normalized spacial score (nSPS) is 11.0. The second-order valence-corrected chi connectivity index (χ2v) is 6.07. The van der Waals surface area contributed by atoms with E-state index in [9.17, 15) is 4.79 Å². The fourth-order valence-electron chi connectivity index (χ4n) is 2.62. The van der Waals surface area contributed by atoms with Crippen LogP contribution in [0.4, 0.5) is 0 Å². The molecule has 0 fully saturated rings. The summed E-state index contributed by atoms with van der Waals surface area (Å²) in [6.07, 6.45) is 6.53. The van der Waals surface area contributed by atoms with E-state index < -0.39 is 5.97 Å². The molecular formula is C20H21ClO2. The van der Waals surface area contributed by atoms with Gasteiger partial charge in [0.1, 0.15) is 0 Å². The summed E-state index contributed by atoms with van der Waals surface area (Å²) in [5, 5.41) is 9.33. The number of carboxylic acid groups (broad SMARTS) is 1. The van der Waals surface area contributed by atoms with Crippen molar-refractivity contribution in [3.8, 4) is 0 Å². The molecule has 0 aliphatic rings. The van der Waals surface area contributed by atoms with Crippen molar-refractivity contribution < 1.29 is 9.90 Å². The average Bonchev–Trinajstić information content (AvgIpc) is 2.52. The molecule has 0 heterocycles. The lowest BCUT2D eigenvalue weighted by molar-refractivity contribution is -0.131. The second-order valence-electron chi connectivity index (χ2n) is 5.64. The minimum Gasteiger partial charge on any atom is -0.478 e. The van der Waals surface area contributed by atoms with E-state index in [0.717, 1.165) is 30.7 Å². The van der Waals surface area contributed by atoms with Gasteiger partial charge in [0.2, 0.25) is 0 Å². The highest BCUT2D eigenvalue weighted by Gasteiger charge is 2.05. The van der Waals surface area contributed by atoms with Crippen molar-refractivity contribution in [2.75, 3.05) is 0 Å². The van der Waals surface area contributed by atoms with E-state index in [-0.39, 0.29) is 0 Å². The number of aryl methyl sites for hydroxylation is 1. The maximum absolute atomic E-state index is 10.4. The number of benzene rings is 2. The molecule has 2 aromatic rings. The lowest BCUT2D eigenvalue weighted by Gasteiger charge is -2.11. The van der Waals surface area contributed by atoms with E-state index >= 15 is 0 Å². The Morgan fingerprint density at radius 3 is 2.52 bits per heavy atom. The fourth-order valence-corrected chi connectivity index (χ4v) is 2.74. The zero-order valence-electron chi connectivity index (χ0n) is 13.3. The van der Waals surface area contributed by atoms with Gasteiger partial charge in [-0.3, -0.25) is 0 Å². The minimum absolute atomic E-state index is 0.758. The number of hydrogen-bond donors (Lipinski definition) is 1. The van der Waals surface area contributed by atoms with Gasteiger partial charge in [0.15, 0.2) is 0 Å². The Hall–Kier alpha value is -2.06. The first-order valence-electron chi connectivity index (χ1n) is 7.77. The molecule has 0 radical (unpaired) electrons. The zero-order chi connectivity index (χ0) is 16.7. The molecule has 0 aliphatic heterocycles. The molecule has 0 aliphatic carbocycles. The Labute approximate surface area is 142 Å². The summed E-state index contributed by atoms with van der Waals surface area (Å²) in [5.74, 6) is -0.883. The third-order valence-corrected chi connectivity index (χ3v) is 4.20. The number of carbonyl (C=O) groups is 1. The Kier molecular flexibility index (Phi) is 6.42. The van der Waals surface area contributed by atoms with Gasteiger partial charge in [0, 0.05) is 11.1 Å². The Balaban J connectivity index is 2.00. The van der Waals surface area contributed by atoms with Crippen molar-refractivity contribution in [2.24, 2.45) is 0 Å². The number of halogens is 1. The SMILES string of the molecule is Cc1c(CCCC=CC(=O)O)cccc1Cc1ccc(Cl)cc1. The van der Waals surface area contributed by atoms with E-state index in [1.54, 1.807) is 6.08 Å². The smallest absolute Gasteiger partial charge is 0.327 e. The van der Waals surface area contributed by atoms with Crippen LogP contribution in [0.3, 0.4) is 0 Å². The van der Waals surface area contributed by atoms with Crippen LogP contribution < -0.4 is 0 Å². The molecule has 0 unspecified atom stereocenters. The summed E-state index contributed by atoms with van der Waals surface area (Å²) in [5.41, 5.74) is 5.23. The highest BCUT2D eigenvalue weighted by atomic mass is 35.5. The summed E-state index contributed by atoms with van der Waals surface area (Å²) in [6, 6.07) is 14.4. The molecule has 0 amide bonds. The molecule has 2 aromatic carbocycles. The van der Waals surface area contributed by atoms with Gasteiger partial charge in [-0.15, -0.1) is 0 Å². The van der Waals surface area contributed by atoms with Crippen molar-refractivity contribution in [1.82, 2.24) is 0 Å². The van der Waals surface area contributed by atoms with Crippen molar-refractivity contribution >= 4 is 17.6 Å². The first-order chi connectivity index (χ1) is 11.1. The second kappa shape index (κ2) is 8.54. The third kappa shape index (κ3) is 5.57. The van der Waals surface area contributed by atoms with E-state index in [1.807, 2.05) is 12.1 Å². The summed E-state index contributed by atoms with van der Waals surface area (Å²) < 4.78 is 0. The number of allylic oxidation sites excluding steroid dienone is 1. The standard InChI is InChI=1S/C20H21ClO2/c1-15-17(6-3-2-4-9-20(22)23)7-5-8-18(15)14-16-10-12-19(21)13-11-16/h4-5,7-13H,2-3,6,14H2,1H3,(H,22,23). The molecule has 0 bridgehead atoms. The van der Waals surface area contributed by atoms with Gasteiger partial charge in [0.05, 0.1) is 0 Å². The molecular weight excluding hydrogens is 308 g/mol. The zero-order valence-corrected chi connectivity index (χ0v) is 14.0. The Morgan fingerprint density at radius 2 is 1.83 bits per heavy atom. The highest BCUT2D eigenvalue weighted by Crippen LogP contribution is 2.20. The van der Waals surface area contributed by atoms with Crippen molar-refractivity contribution in [3.05, 3.63) is 81.9 Å². The average molecular weight is 329 g/mol. The molecule has 120 valence electrons. The van der Waals surface area contributed by atoms with Crippen LogP contribution in [0.1, 0.15) is 35.1 Å². The molecule has 0 aromatic heterocycles. The number of aliphatic carboxylic acids is 1. The van der Waals surface area contributed by atoms with Gasteiger partial charge in [-0.05, 0) is 67.0 Å². The van der Waals surface area contributed by atoms with E-state index in [4.69, 9.17) is 16.7 Å². The predicted octanol–water partition coefficient (Wildman–Crippen LogP) is 5.20. The van der Waals surface area contributed by atoms with Crippen LogP contribution in [0, 0.1) is 6.92 Å². The predicted molar refractivity (Wildman–Crippen MR) is 95.2 cm³/mol. The minimum atomic E-state index is -0.883. The van der Waals surface area contributed by atoms with Gasteiger partial charge in [-0.1, -0.05) is 48.0 Å². The van der Waals surface area contributed by atoms with Crippen molar-refractivity contribution in [2.45, 2.75) is 32.6 Å². The highest BCUT2D eigenvalue weighted by molar-refractivity contribution is 6.30. The Bertz CT molecular complexity index is 687. The van der Waals surface area contributed by atoms with E-state index in [1.165, 1.54) is 28.3 Å². The number of hydrogen-bond acceptors (Lipinski definition) is 1. The Morgan fingerprint density at radius 1 is 1.13 bits per heavy atom. The first kappa shape index (κ1) is 17.3. The van der Waals surface area contributed by atoms with Crippen LogP contribution in [0.2, 0.25) is 5.02 Å². The molecule has 0 atom stereocenters. The molecule has 2 rings (SSSR count). The topological polar surface area (TPSA) is 37.3 Å². The first-order valence-corrected chi connectivity index (χ1v) is 8.15. The van der Waals surface area contributed by atoms with Gasteiger partial charge in [0.25, 0.3) is 0 Å². The summed E-state index contributed by atoms with van der Waals surface area (Å²) in [7, 11) is 0. The number of rotatable bonds is 7. The maximum atomic E-state index is 10.4. The van der Waals surface area contributed by atoms with Crippen molar-refractivity contribution in [3.63, 3.8) is 0 Å². The summed E-state index contributed by atoms with van der Waals surface area (Å²) in [4.78, 5) is 10.4. The van der Waals surface area contributed by atoms with Crippen LogP contribution in [0.5, 0.6) is 0 Å². The molecule has 0 saturated heterocycles. The van der Waals surface area contributed by atoms with Crippen LogP contribution >= 0.6 is 11.6 Å². The van der Waals surface area contributed by atoms with Gasteiger partial charge < -0.3 is 5.11 Å². The fraction of sp³-hybridized carbons (Fsp3) is 0.250. The summed E-state index contributed by atoms with van der Waals surface area (Å²) in [6.45, 7) is 2.16. The third-order valence-electron chi connectivity index (χ3n) is 3.94. The molecule has 0 spiro atoms. The van der Waals surface area contributed by atoms with Crippen molar-refractivity contribution in [1.29, 1.82) is 0 Å². The lowest BCUT2D eigenvalue weighted by Crippen LogP contribution is -1.97. The largest absolute Gasteiger partial charge is 0.478 e. The van der Waals surface area contributed by atoms with E-state index in [0.29, 0.717) is 0 Å². The molecule has 2 nitrogen and oxygen atoms in total. The van der Waals surface area contributed by atoms with E-state index in [2.05, 4.69) is 37.3 Å². The van der Waals surface area contributed by atoms with Crippen LogP contribution in [-0.4, -0.2) is 11.1 Å². The van der Waals surface area contributed by atoms with Crippen LogP contribution in [-0.2, 0) is 17.6 Å². The van der Waals surface area contributed by atoms with Gasteiger partial charge in [-0.25, -0.2) is 4.79 Å². The van der Waals surface area contributed by atoms with Crippen LogP contribution in [0.15, 0.2) is 54.6 Å². The molecule has 23 heavy (non-hydrogen) atoms. The number of unbranched alkanes of at least 4 members (excludes halogenated alkanes) is 1. The monoisotopic (exact) mass is 328 g/mol.